The molecule has 6 nitrogen and oxygen atoms in total. The molecule has 1 heterocycles. The highest BCUT2D eigenvalue weighted by Crippen LogP contribution is 2.27. The Hall–Kier alpha value is -3.02. The van der Waals surface area contributed by atoms with E-state index >= 15 is 0 Å². The Balaban J connectivity index is 1.68. The number of aromatic amines is 1. The molecule has 2 aromatic carbocycles. The number of nitrogens with one attached hydrogen (secondary N) is 1. The number of carbonyl (C=O) groups is 1. The molecular formula is C19H21N3O3. The minimum Gasteiger partial charge on any atom is -0.493 e. The van der Waals surface area contributed by atoms with Crippen molar-refractivity contribution in [1.29, 1.82) is 0 Å². The Labute approximate surface area is 146 Å². The van der Waals surface area contributed by atoms with E-state index in [1.807, 2.05) is 36.4 Å². The second kappa shape index (κ2) is 7.25. The first kappa shape index (κ1) is 16.8. The predicted molar refractivity (Wildman–Crippen MR) is 95.8 cm³/mol. The number of rotatable bonds is 6. The van der Waals surface area contributed by atoms with Crippen molar-refractivity contribution >= 4 is 16.9 Å². The smallest absolute Gasteiger partial charge is 0.227 e. The zero-order valence-electron chi connectivity index (χ0n) is 14.6. The highest BCUT2D eigenvalue weighted by molar-refractivity contribution is 5.79. The number of methoxy groups -OCH3 is 2. The van der Waals surface area contributed by atoms with Gasteiger partial charge in [-0.3, -0.25) is 4.79 Å². The van der Waals surface area contributed by atoms with Crippen LogP contribution in [-0.2, 0) is 17.8 Å². The van der Waals surface area contributed by atoms with E-state index in [1.165, 1.54) is 0 Å². The lowest BCUT2D eigenvalue weighted by molar-refractivity contribution is -0.129. The monoisotopic (exact) mass is 339 g/mol. The van der Waals surface area contributed by atoms with Crippen LogP contribution < -0.4 is 9.47 Å². The molecule has 0 saturated heterocycles. The third-order valence-corrected chi connectivity index (χ3v) is 4.05. The molecule has 3 aromatic rings. The molecule has 0 unspecified atom stereocenters. The molecule has 0 aliphatic carbocycles. The van der Waals surface area contributed by atoms with Gasteiger partial charge in [0.05, 0.1) is 38.2 Å². The van der Waals surface area contributed by atoms with Crippen LogP contribution in [0.4, 0.5) is 0 Å². The Morgan fingerprint density at radius 3 is 2.60 bits per heavy atom. The molecule has 0 aliphatic rings. The maximum Gasteiger partial charge on any atom is 0.227 e. The highest BCUT2D eigenvalue weighted by Gasteiger charge is 2.14. The van der Waals surface area contributed by atoms with E-state index in [0.29, 0.717) is 18.0 Å². The van der Waals surface area contributed by atoms with Gasteiger partial charge in [-0.15, -0.1) is 0 Å². The van der Waals surface area contributed by atoms with Crippen molar-refractivity contribution in [3.63, 3.8) is 0 Å². The minimum atomic E-state index is 0.00711. The predicted octanol–water partition coefficient (Wildman–Crippen LogP) is 2.78. The van der Waals surface area contributed by atoms with E-state index in [0.717, 1.165) is 22.4 Å². The SMILES string of the molecule is COc1ccc(CC(=O)N(C)Cc2nc3ccccc3[nH]2)cc1OC. The number of amides is 1. The minimum absolute atomic E-state index is 0.00711. The van der Waals surface area contributed by atoms with E-state index in [4.69, 9.17) is 9.47 Å². The first-order valence-corrected chi connectivity index (χ1v) is 7.99. The van der Waals surface area contributed by atoms with Crippen LogP contribution >= 0.6 is 0 Å². The number of ether oxygens (including phenoxy) is 2. The number of nitrogens with zero attached hydrogens (tertiary/aromatic N) is 2. The number of carbonyl (C=O) groups excluding carboxylic acids is 1. The summed E-state index contributed by atoms with van der Waals surface area (Å²) >= 11 is 0. The number of fused-ring (bicyclic) bond motifs is 1. The van der Waals surface area contributed by atoms with Gasteiger partial charge in [0.25, 0.3) is 0 Å². The van der Waals surface area contributed by atoms with Gasteiger partial charge in [0, 0.05) is 7.05 Å². The number of hydrogen-bond acceptors (Lipinski definition) is 4. The van der Waals surface area contributed by atoms with Crippen molar-refractivity contribution in [2.24, 2.45) is 0 Å². The van der Waals surface area contributed by atoms with Crippen LogP contribution in [0.3, 0.4) is 0 Å². The van der Waals surface area contributed by atoms with Gasteiger partial charge in [-0.05, 0) is 29.8 Å². The first-order chi connectivity index (χ1) is 12.1. The van der Waals surface area contributed by atoms with E-state index < -0.39 is 0 Å². The molecule has 0 saturated carbocycles. The van der Waals surface area contributed by atoms with Gasteiger partial charge < -0.3 is 19.4 Å². The van der Waals surface area contributed by atoms with E-state index in [9.17, 15) is 4.79 Å². The second-order valence-electron chi connectivity index (χ2n) is 5.82. The Bertz CT molecular complexity index is 856. The summed E-state index contributed by atoms with van der Waals surface area (Å²) in [5.41, 5.74) is 2.75. The highest BCUT2D eigenvalue weighted by atomic mass is 16.5. The number of H-pyrrole nitrogens is 1. The van der Waals surface area contributed by atoms with Crippen molar-refractivity contribution < 1.29 is 14.3 Å². The lowest BCUT2D eigenvalue weighted by Crippen LogP contribution is -2.28. The Morgan fingerprint density at radius 2 is 1.88 bits per heavy atom. The van der Waals surface area contributed by atoms with Crippen LogP contribution in [0.2, 0.25) is 0 Å². The molecule has 25 heavy (non-hydrogen) atoms. The summed E-state index contributed by atoms with van der Waals surface area (Å²) in [6.45, 7) is 0.431. The van der Waals surface area contributed by atoms with Gasteiger partial charge in [-0.25, -0.2) is 4.98 Å². The average Bonchev–Trinajstić information content (AvgIpc) is 3.03. The molecule has 0 aliphatic heterocycles. The molecule has 6 heteroatoms. The maximum atomic E-state index is 12.5. The number of imidazole rings is 1. The van der Waals surface area contributed by atoms with Crippen LogP contribution in [0.25, 0.3) is 11.0 Å². The summed E-state index contributed by atoms with van der Waals surface area (Å²) in [6, 6.07) is 13.3. The Kier molecular flexibility index (Phi) is 4.88. The third kappa shape index (κ3) is 3.74. The summed E-state index contributed by atoms with van der Waals surface area (Å²) in [5, 5.41) is 0. The fourth-order valence-corrected chi connectivity index (χ4v) is 2.69. The van der Waals surface area contributed by atoms with Crippen LogP contribution in [0.15, 0.2) is 42.5 Å². The maximum absolute atomic E-state index is 12.5. The van der Waals surface area contributed by atoms with Gasteiger partial charge in [0.15, 0.2) is 11.5 Å². The topological polar surface area (TPSA) is 67.5 Å². The van der Waals surface area contributed by atoms with Gasteiger partial charge in [0.1, 0.15) is 5.82 Å². The van der Waals surface area contributed by atoms with E-state index in [1.54, 1.807) is 32.2 Å². The second-order valence-corrected chi connectivity index (χ2v) is 5.82. The van der Waals surface area contributed by atoms with Crippen molar-refractivity contribution in [3.05, 3.63) is 53.9 Å². The fraction of sp³-hybridized carbons (Fsp3) is 0.263. The van der Waals surface area contributed by atoms with Gasteiger partial charge in [-0.1, -0.05) is 18.2 Å². The summed E-state index contributed by atoms with van der Waals surface area (Å²) in [7, 11) is 4.94. The van der Waals surface area contributed by atoms with E-state index in [-0.39, 0.29) is 12.3 Å². The molecule has 1 N–H and O–H groups in total. The number of likely N-dealkylation sites (N-methyl/N-ethyl adjacent to an activating group) is 1. The van der Waals surface area contributed by atoms with Gasteiger partial charge in [-0.2, -0.15) is 0 Å². The first-order valence-electron chi connectivity index (χ1n) is 7.99. The van der Waals surface area contributed by atoms with Crippen molar-refractivity contribution in [1.82, 2.24) is 14.9 Å². The van der Waals surface area contributed by atoms with Crippen molar-refractivity contribution in [3.8, 4) is 11.5 Å². The van der Waals surface area contributed by atoms with Gasteiger partial charge >= 0.3 is 0 Å². The normalized spacial score (nSPS) is 10.7. The number of aromatic nitrogens is 2. The molecule has 1 amide bonds. The zero-order valence-corrected chi connectivity index (χ0v) is 14.6. The lowest BCUT2D eigenvalue weighted by atomic mass is 10.1. The van der Waals surface area contributed by atoms with E-state index in [2.05, 4.69) is 9.97 Å². The number of hydrogen-bond donors (Lipinski definition) is 1. The molecule has 0 atom stereocenters. The fourth-order valence-electron chi connectivity index (χ4n) is 2.69. The van der Waals surface area contributed by atoms with Crippen LogP contribution in [0.1, 0.15) is 11.4 Å². The molecule has 130 valence electrons. The number of benzene rings is 2. The molecular weight excluding hydrogens is 318 g/mol. The summed E-state index contributed by atoms with van der Waals surface area (Å²) in [4.78, 5) is 21.9. The van der Waals surface area contributed by atoms with Crippen LogP contribution in [-0.4, -0.2) is 42.0 Å². The molecule has 0 radical (unpaired) electrons. The lowest BCUT2D eigenvalue weighted by Gasteiger charge is -2.16. The molecule has 0 bridgehead atoms. The Morgan fingerprint density at radius 1 is 1.12 bits per heavy atom. The van der Waals surface area contributed by atoms with Crippen LogP contribution in [0.5, 0.6) is 11.5 Å². The summed E-state index contributed by atoms with van der Waals surface area (Å²) in [5.74, 6) is 2.04. The van der Waals surface area contributed by atoms with Crippen molar-refractivity contribution in [2.45, 2.75) is 13.0 Å². The summed E-state index contributed by atoms with van der Waals surface area (Å²) < 4.78 is 10.5. The standard InChI is InChI=1S/C19H21N3O3/c1-22(12-18-20-14-6-4-5-7-15(14)21-18)19(23)11-13-8-9-16(24-2)17(10-13)25-3/h4-10H,11-12H2,1-3H3,(H,20,21). The third-order valence-electron chi connectivity index (χ3n) is 4.05. The van der Waals surface area contributed by atoms with Crippen molar-refractivity contribution in [2.75, 3.05) is 21.3 Å². The summed E-state index contributed by atoms with van der Waals surface area (Å²) in [6.07, 6.45) is 0.289. The van der Waals surface area contributed by atoms with Gasteiger partial charge in [0.2, 0.25) is 5.91 Å². The molecule has 3 rings (SSSR count). The number of para-hydroxylation sites is 2. The average molecular weight is 339 g/mol. The van der Waals surface area contributed by atoms with Crippen LogP contribution in [0, 0.1) is 0 Å². The molecule has 0 spiro atoms. The molecule has 1 aromatic heterocycles. The quantitative estimate of drug-likeness (QED) is 0.750. The zero-order chi connectivity index (χ0) is 17.8. The molecule has 0 fully saturated rings. The largest absolute Gasteiger partial charge is 0.493 e.